The van der Waals surface area contributed by atoms with Gasteiger partial charge in [-0.3, -0.25) is 4.79 Å². The Morgan fingerprint density at radius 1 is 1.56 bits per heavy atom. The summed E-state index contributed by atoms with van der Waals surface area (Å²) in [6.45, 7) is 3.95. The van der Waals surface area contributed by atoms with Gasteiger partial charge < -0.3 is 10.6 Å². The highest BCUT2D eigenvalue weighted by molar-refractivity contribution is 7.08. The lowest BCUT2D eigenvalue weighted by Crippen LogP contribution is -2.45. The number of amides is 1. The van der Waals surface area contributed by atoms with Gasteiger partial charge in [0.15, 0.2) is 0 Å². The zero-order chi connectivity index (χ0) is 10.7. The van der Waals surface area contributed by atoms with Gasteiger partial charge in [0.1, 0.15) is 0 Å². The number of hydrogen-bond acceptors (Lipinski definition) is 3. The predicted molar refractivity (Wildman–Crippen MR) is 69.7 cm³/mol. The third-order valence-corrected chi connectivity index (χ3v) is 3.59. The van der Waals surface area contributed by atoms with Crippen molar-refractivity contribution in [1.82, 2.24) is 10.6 Å². The maximum Gasteiger partial charge on any atom is 0.252 e. The molecule has 1 aliphatic rings. The van der Waals surface area contributed by atoms with Crippen LogP contribution in [-0.4, -0.2) is 25.0 Å². The normalized spacial score (nSPS) is 19.9. The van der Waals surface area contributed by atoms with Crippen molar-refractivity contribution in [1.29, 1.82) is 0 Å². The van der Waals surface area contributed by atoms with Crippen LogP contribution < -0.4 is 10.6 Å². The van der Waals surface area contributed by atoms with Crippen molar-refractivity contribution in [3.63, 3.8) is 0 Å². The number of nitrogens with one attached hydrogen (secondary N) is 2. The molecular weight excluding hydrogens is 244 g/mol. The summed E-state index contributed by atoms with van der Waals surface area (Å²) < 4.78 is 0. The fourth-order valence-corrected chi connectivity index (χ4v) is 2.66. The first-order valence-corrected chi connectivity index (χ1v) is 6.26. The van der Waals surface area contributed by atoms with Crippen LogP contribution in [0.2, 0.25) is 0 Å². The average Bonchev–Trinajstić information content (AvgIpc) is 2.66. The quantitative estimate of drug-likeness (QED) is 0.854. The van der Waals surface area contributed by atoms with Crippen LogP contribution in [0.25, 0.3) is 0 Å². The van der Waals surface area contributed by atoms with E-state index in [9.17, 15) is 4.79 Å². The Hall–Kier alpha value is -0.580. The lowest BCUT2D eigenvalue weighted by atomic mass is 10.1. The molecule has 16 heavy (non-hydrogen) atoms. The van der Waals surface area contributed by atoms with Crippen molar-refractivity contribution in [2.45, 2.75) is 25.8 Å². The second kappa shape index (κ2) is 6.23. The van der Waals surface area contributed by atoms with Gasteiger partial charge in [-0.05, 0) is 37.3 Å². The molecule has 0 saturated carbocycles. The molecule has 0 aromatic carbocycles. The van der Waals surface area contributed by atoms with Gasteiger partial charge in [-0.25, -0.2) is 0 Å². The molecule has 0 radical (unpaired) electrons. The molecule has 1 aromatic heterocycles. The van der Waals surface area contributed by atoms with Gasteiger partial charge >= 0.3 is 0 Å². The monoisotopic (exact) mass is 260 g/mol. The third-order valence-electron chi connectivity index (χ3n) is 2.73. The Bertz CT molecular complexity index is 348. The van der Waals surface area contributed by atoms with Crippen molar-refractivity contribution >= 4 is 29.7 Å². The zero-order valence-corrected chi connectivity index (χ0v) is 10.9. The van der Waals surface area contributed by atoms with Crippen LogP contribution in [0.4, 0.5) is 0 Å². The summed E-state index contributed by atoms with van der Waals surface area (Å²) in [5.41, 5.74) is 1.90. The minimum absolute atomic E-state index is 0. The topological polar surface area (TPSA) is 41.1 Å². The Kier molecular flexibility index (Phi) is 5.25. The van der Waals surface area contributed by atoms with Gasteiger partial charge in [-0.15, -0.1) is 12.4 Å². The van der Waals surface area contributed by atoms with E-state index in [0.29, 0.717) is 6.04 Å². The molecule has 1 saturated heterocycles. The standard InChI is InChI=1S/C11H16N2OS.ClH/c1-8-6-15-7-10(8)11(14)13-9-3-2-4-12-5-9;/h6-7,9,12H,2-5H2,1H3,(H,13,14);1H/t9-;/m0./s1. The number of aryl methyl sites for hydroxylation is 1. The molecular formula is C11H17ClN2OS. The van der Waals surface area contributed by atoms with E-state index in [1.54, 1.807) is 11.3 Å². The average molecular weight is 261 g/mol. The van der Waals surface area contributed by atoms with Crippen molar-refractivity contribution in [2.75, 3.05) is 13.1 Å². The molecule has 0 spiro atoms. The minimum Gasteiger partial charge on any atom is -0.348 e. The first kappa shape index (κ1) is 13.5. The molecule has 3 nitrogen and oxygen atoms in total. The van der Waals surface area contributed by atoms with E-state index >= 15 is 0 Å². The summed E-state index contributed by atoms with van der Waals surface area (Å²) in [5, 5.41) is 10.3. The second-order valence-corrected chi connectivity index (χ2v) is 4.73. The summed E-state index contributed by atoms with van der Waals surface area (Å²) in [5.74, 6) is 0.0717. The summed E-state index contributed by atoms with van der Waals surface area (Å²) in [6.07, 6.45) is 2.23. The molecule has 5 heteroatoms. The number of carbonyl (C=O) groups is 1. The fourth-order valence-electron chi connectivity index (χ4n) is 1.83. The summed E-state index contributed by atoms with van der Waals surface area (Å²) in [4.78, 5) is 11.9. The Morgan fingerprint density at radius 3 is 2.94 bits per heavy atom. The van der Waals surface area contributed by atoms with Crippen molar-refractivity contribution in [2.24, 2.45) is 0 Å². The lowest BCUT2D eigenvalue weighted by molar-refractivity contribution is 0.0930. The maximum absolute atomic E-state index is 11.9. The molecule has 1 aliphatic heterocycles. The molecule has 90 valence electrons. The number of thiophene rings is 1. The fraction of sp³-hybridized carbons (Fsp3) is 0.545. The molecule has 0 bridgehead atoms. The molecule has 1 atom stereocenters. The third kappa shape index (κ3) is 3.20. The summed E-state index contributed by atoms with van der Waals surface area (Å²) in [7, 11) is 0. The largest absolute Gasteiger partial charge is 0.348 e. The molecule has 0 unspecified atom stereocenters. The van der Waals surface area contributed by atoms with Crippen LogP contribution in [0.15, 0.2) is 10.8 Å². The molecule has 1 amide bonds. The molecule has 0 aliphatic carbocycles. The number of carbonyl (C=O) groups excluding carboxylic acids is 1. The van der Waals surface area contributed by atoms with Crippen molar-refractivity contribution in [3.05, 3.63) is 21.9 Å². The predicted octanol–water partition coefficient (Wildman–Crippen LogP) is 1.96. The summed E-state index contributed by atoms with van der Waals surface area (Å²) in [6, 6.07) is 0.297. The molecule has 1 fully saturated rings. The van der Waals surface area contributed by atoms with E-state index in [0.717, 1.165) is 37.1 Å². The van der Waals surface area contributed by atoms with Gasteiger partial charge in [-0.1, -0.05) is 0 Å². The van der Waals surface area contributed by atoms with Crippen LogP contribution in [0.3, 0.4) is 0 Å². The molecule has 2 heterocycles. The van der Waals surface area contributed by atoms with Crippen LogP contribution in [-0.2, 0) is 0 Å². The highest BCUT2D eigenvalue weighted by Crippen LogP contribution is 2.14. The zero-order valence-electron chi connectivity index (χ0n) is 9.29. The summed E-state index contributed by atoms with van der Waals surface area (Å²) >= 11 is 1.58. The van der Waals surface area contributed by atoms with Crippen LogP contribution in [0.1, 0.15) is 28.8 Å². The van der Waals surface area contributed by atoms with E-state index in [1.807, 2.05) is 17.7 Å². The number of piperidine rings is 1. The van der Waals surface area contributed by atoms with Crippen LogP contribution >= 0.6 is 23.7 Å². The van der Waals surface area contributed by atoms with Crippen LogP contribution in [0.5, 0.6) is 0 Å². The lowest BCUT2D eigenvalue weighted by Gasteiger charge is -2.23. The number of hydrogen-bond donors (Lipinski definition) is 2. The Labute approximate surface area is 106 Å². The maximum atomic E-state index is 11.9. The Morgan fingerprint density at radius 2 is 2.38 bits per heavy atom. The van der Waals surface area contributed by atoms with E-state index in [1.165, 1.54) is 0 Å². The van der Waals surface area contributed by atoms with Gasteiger partial charge in [0.2, 0.25) is 0 Å². The highest BCUT2D eigenvalue weighted by atomic mass is 35.5. The first-order valence-electron chi connectivity index (χ1n) is 5.32. The van der Waals surface area contributed by atoms with Gasteiger partial charge in [0, 0.05) is 18.0 Å². The Balaban J connectivity index is 0.00000128. The van der Waals surface area contributed by atoms with Crippen LogP contribution in [0, 0.1) is 6.92 Å². The number of halogens is 1. The highest BCUT2D eigenvalue weighted by Gasteiger charge is 2.17. The molecule has 2 rings (SSSR count). The van der Waals surface area contributed by atoms with Gasteiger partial charge in [0.25, 0.3) is 5.91 Å². The first-order chi connectivity index (χ1) is 7.27. The minimum atomic E-state index is 0. The SMILES string of the molecule is Cc1cscc1C(=O)N[C@H]1CCCNC1.Cl. The molecule has 1 aromatic rings. The van der Waals surface area contributed by atoms with Crippen molar-refractivity contribution < 1.29 is 4.79 Å². The number of rotatable bonds is 2. The van der Waals surface area contributed by atoms with E-state index in [-0.39, 0.29) is 18.3 Å². The smallest absolute Gasteiger partial charge is 0.252 e. The van der Waals surface area contributed by atoms with E-state index in [4.69, 9.17) is 0 Å². The van der Waals surface area contributed by atoms with Gasteiger partial charge in [0.05, 0.1) is 5.56 Å². The molecule has 2 N–H and O–H groups in total. The van der Waals surface area contributed by atoms with Gasteiger partial charge in [-0.2, -0.15) is 11.3 Å². The van der Waals surface area contributed by atoms with E-state index < -0.39 is 0 Å². The van der Waals surface area contributed by atoms with E-state index in [2.05, 4.69) is 10.6 Å². The van der Waals surface area contributed by atoms with Crippen molar-refractivity contribution in [3.8, 4) is 0 Å². The second-order valence-electron chi connectivity index (χ2n) is 3.99.